The van der Waals surface area contributed by atoms with Crippen LogP contribution in [0.15, 0.2) is 71.6 Å². The van der Waals surface area contributed by atoms with Crippen LogP contribution in [0.5, 0.6) is 0 Å². The summed E-state index contributed by atoms with van der Waals surface area (Å²) in [5.41, 5.74) is 1.51. The zero-order valence-corrected chi connectivity index (χ0v) is 21.6. The van der Waals surface area contributed by atoms with E-state index in [1.54, 1.807) is 49.9 Å². The molecule has 0 aliphatic heterocycles. The van der Waals surface area contributed by atoms with E-state index in [0.29, 0.717) is 11.3 Å². The number of anilines is 2. The lowest BCUT2D eigenvalue weighted by Crippen LogP contribution is -2.34. The van der Waals surface area contributed by atoms with Gasteiger partial charge >= 0.3 is 0 Å². The third-order valence-electron chi connectivity index (χ3n) is 5.23. The van der Waals surface area contributed by atoms with Crippen LogP contribution in [0.25, 0.3) is 0 Å². The van der Waals surface area contributed by atoms with Crippen molar-refractivity contribution >= 4 is 35.0 Å². The van der Waals surface area contributed by atoms with Crippen molar-refractivity contribution < 1.29 is 18.4 Å². The maximum Gasteiger partial charge on any atom is 0.234 e. The molecule has 3 aromatic carbocycles. The van der Waals surface area contributed by atoms with E-state index in [4.69, 9.17) is 0 Å². The molecule has 186 valence electrons. The Morgan fingerprint density at radius 2 is 1.43 bits per heavy atom. The molecule has 3 aromatic rings. The molecule has 0 atom stereocenters. The van der Waals surface area contributed by atoms with E-state index in [9.17, 15) is 18.4 Å². The average molecular weight is 499 g/mol. The maximum absolute atomic E-state index is 13.4. The molecule has 0 unspecified atom stereocenters. The minimum Gasteiger partial charge on any atom is -0.326 e. The van der Waals surface area contributed by atoms with Gasteiger partial charge in [-0.25, -0.2) is 8.78 Å². The molecule has 0 aliphatic rings. The number of hydrogen-bond donors (Lipinski definition) is 2. The van der Waals surface area contributed by atoms with Crippen LogP contribution < -0.4 is 10.6 Å². The smallest absolute Gasteiger partial charge is 0.234 e. The number of carbonyl (C=O) groups excluding carboxylic acids is 2. The Balaban J connectivity index is 0.00000210. The van der Waals surface area contributed by atoms with Crippen LogP contribution in [0.2, 0.25) is 0 Å². The first kappa shape index (κ1) is 28.1. The highest BCUT2D eigenvalue weighted by Crippen LogP contribution is 2.27. The maximum atomic E-state index is 13.4. The van der Waals surface area contributed by atoms with Crippen LogP contribution in [-0.2, 0) is 21.4 Å². The minimum absolute atomic E-state index is 0.131. The summed E-state index contributed by atoms with van der Waals surface area (Å²) in [6.07, 6.45) is 0.265. The molecular formula is C28H32F2N2O2S. The second-order valence-electron chi connectivity index (χ2n) is 8.09. The fourth-order valence-corrected chi connectivity index (χ4v) is 3.89. The topological polar surface area (TPSA) is 58.2 Å². The summed E-state index contributed by atoms with van der Waals surface area (Å²) in [6.45, 7) is 9.56. The predicted octanol–water partition coefficient (Wildman–Crippen LogP) is 7.20. The minimum atomic E-state index is -1.03. The number of nitrogens with one attached hydrogen (secondary N) is 2. The van der Waals surface area contributed by atoms with Gasteiger partial charge in [0.2, 0.25) is 11.8 Å². The van der Waals surface area contributed by atoms with Crippen LogP contribution in [0.4, 0.5) is 20.2 Å². The standard InChI is InChI=1S/C26H26F2N2O2S.C2H6/c1-4-33-21-12-5-17(6-13-21)15-24(31)29-19-9-7-18(8-10-19)26(2,3)25(32)30-20-11-14-22(27)23(28)16-20;1-2/h5-14,16H,4,15H2,1-3H3,(H,29,31)(H,30,32);1-2H3. The van der Waals surface area contributed by atoms with Crippen LogP contribution in [0.1, 0.15) is 45.7 Å². The van der Waals surface area contributed by atoms with Crippen LogP contribution >= 0.6 is 11.8 Å². The molecule has 0 heterocycles. The molecule has 0 saturated carbocycles. The molecule has 0 saturated heterocycles. The Kier molecular flexibility index (Phi) is 10.5. The molecule has 0 spiro atoms. The molecule has 0 radical (unpaired) electrons. The van der Waals surface area contributed by atoms with Crippen molar-refractivity contribution in [3.05, 3.63) is 89.5 Å². The van der Waals surface area contributed by atoms with Gasteiger partial charge in [-0.05, 0) is 67.1 Å². The fourth-order valence-electron chi connectivity index (χ4n) is 3.22. The number of hydrogen-bond acceptors (Lipinski definition) is 3. The molecule has 0 fully saturated rings. The highest BCUT2D eigenvalue weighted by Gasteiger charge is 2.30. The summed E-state index contributed by atoms with van der Waals surface area (Å²) in [6, 6.07) is 18.1. The van der Waals surface area contributed by atoms with E-state index in [-0.39, 0.29) is 23.9 Å². The second kappa shape index (κ2) is 13.0. The van der Waals surface area contributed by atoms with Gasteiger partial charge in [-0.15, -0.1) is 11.8 Å². The monoisotopic (exact) mass is 498 g/mol. The van der Waals surface area contributed by atoms with E-state index >= 15 is 0 Å². The lowest BCUT2D eigenvalue weighted by Gasteiger charge is -2.24. The molecule has 2 amide bonds. The molecule has 4 nitrogen and oxygen atoms in total. The summed E-state index contributed by atoms with van der Waals surface area (Å²) in [5.74, 6) is -1.50. The van der Waals surface area contributed by atoms with Crippen molar-refractivity contribution in [3.63, 3.8) is 0 Å². The summed E-state index contributed by atoms with van der Waals surface area (Å²) >= 11 is 1.75. The van der Waals surface area contributed by atoms with Crippen LogP contribution in [0, 0.1) is 11.6 Å². The molecule has 0 aromatic heterocycles. The van der Waals surface area contributed by atoms with E-state index in [0.717, 1.165) is 23.4 Å². The fraction of sp³-hybridized carbons (Fsp3) is 0.286. The van der Waals surface area contributed by atoms with Crippen molar-refractivity contribution in [2.45, 2.75) is 51.3 Å². The van der Waals surface area contributed by atoms with Crippen molar-refractivity contribution in [3.8, 4) is 0 Å². The third kappa shape index (κ3) is 7.92. The molecule has 35 heavy (non-hydrogen) atoms. The summed E-state index contributed by atoms with van der Waals surface area (Å²) in [4.78, 5) is 26.3. The number of thioether (sulfide) groups is 1. The van der Waals surface area contributed by atoms with Crippen LogP contribution in [0.3, 0.4) is 0 Å². The molecular weight excluding hydrogens is 466 g/mol. The Morgan fingerprint density at radius 3 is 2.00 bits per heavy atom. The highest BCUT2D eigenvalue weighted by molar-refractivity contribution is 7.99. The molecule has 3 rings (SSSR count). The van der Waals surface area contributed by atoms with Crippen LogP contribution in [-0.4, -0.2) is 17.6 Å². The van der Waals surface area contributed by atoms with E-state index < -0.39 is 17.0 Å². The number of benzene rings is 3. The largest absolute Gasteiger partial charge is 0.326 e. The van der Waals surface area contributed by atoms with Gasteiger partial charge < -0.3 is 10.6 Å². The quantitative estimate of drug-likeness (QED) is 0.323. The van der Waals surface area contributed by atoms with Crippen molar-refractivity contribution in [1.82, 2.24) is 0 Å². The van der Waals surface area contributed by atoms with Crippen molar-refractivity contribution in [1.29, 1.82) is 0 Å². The van der Waals surface area contributed by atoms with Gasteiger partial charge in [0.1, 0.15) is 0 Å². The SMILES string of the molecule is CC.CCSc1ccc(CC(=O)Nc2ccc(C(C)(C)C(=O)Nc3ccc(F)c(F)c3)cc2)cc1. The lowest BCUT2D eigenvalue weighted by atomic mass is 9.83. The van der Waals surface area contributed by atoms with Crippen molar-refractivity contribution in [2.75, 3.05) is 16.4 Å². The van der Waals surface area contributed by atoms with E-state index in [1.165, 1.54) is 11.0 Å². The first-order valence-corrected chi connectivity index (χ1v) is 12.6. The van der Waals surface area contributed by atoms with Gasteiger partial charge in [0.15, 0.2) is 11.6 Å². The Bertz CT molecular complexity index is 1130. The highest BCUT2D eigenvalue weighted by atomic mass is 32.2. The van der Waals surface area contributed by atoms with E-state index in [1.807, 2.05) is 38.1 Å². The Morgan fingerprint density at radius 1 is 0.829 bits per heavy atom. The number of rotatable bonds is 8. The Labute approximate surface area is 210 Å². The average Bonchev–Trinajstić information content (AvgIpc) is 2.84. The molecule has 0 aliphatic carbocycles. The van der Waals surface area contributed by atoms with Gasteiger partial charge in [0.25, 0.3) is 0 Å². The molecule has 0 bridgehead atoms. The van der Waals surface area contributed by atoms with Gasteiger partial charge in [-0.2, -0.15) is 0 Å². The summed E-state index contributed by atoms with van der Waals surface area (Å²) in [7, 11) is 0. The number of carbonyl (C=O) groups is 2. The summed E-state index contributed by atoms with van der Waals surface area (Å²) in [5, 5.41) is 5.49. The first-order valence-electron chi connectivity index (χ1n) is 11.6. The van der Waals surface area contributed by atoms with Gasteiger partial charge in [0, 0.05) is 22.3 Å². The van der Waals surface area contributed by atoms with Gasteiger partial charge in [-0.1, -0.05) is 45.0 Å². The summed E-state index contributed by atoms with van der Waals surface area (Å²) < 4.78 is 26.5. The zero-order valence-electron chi connectivity index (χ0n) is 20.7. The molecule has 7 heteroatoms. The Hall–Kier alpha value is -3.19. The van der Waals surface area contributed by atoms with Gasteiger partial charge in [-0.3, -0.25) is 9.59 Å². The number of halogens is 2. The van der Waals surface area contributed by atoms with E-state index in [2.05, 4.69) is 17.6 Å². The second-order valence-corrected chi connectivity index (χ2v) is 9.42. The zero-order chi connectivity index (χ0) is 26.0. The lowest BCUT2D eigenvalue weighted by molar-refractivity contribution is -0.120. The number of amides is 2. The predicted molar refractivity (Wildman–Crippen MR) is 141 cm³/mol. The van der Waals surface area contributed by atoms with Gasteiger partial charge in [0.05, 0.1) is 11.8 Å². The first-order chi connectivity index (χ1) is 16.7. The molecule has 2 N–H and O–H groups in total. The normalized spacial score (nSPS) is 10.7. The third-order valence-corrected chi connectivity index (χ3v) is 6.13. The van der Waals surface area contributed by atoms with Crippen molar-refractivity contribution in [2.24, 2.45) is 0 Å².